The number of benzene rings is 6. The number of phenols is 7. The Hall–Kier alpha value is -6.68. The van der Waals surface area contributed by atoms with Crippen molar-refractivity contribution in [3.05, 3.63) is 159 Å². The summed E-state index contributed by atoms with van der Waals surface area (Å²) in [6, 6.07) is 28.5. The lowest BCUT2D eigenvalue weighted by molar-refractivity contribution is -0.277. The molecule has 10 rings (SSSR count). The van der Waals surface area contributed by atoms with Gasteiger partial charge in [0.2, 0.25) is 6.29 Å². The molecule has 0 bridgehead atoms. The zero-order chi connectivity index (χ0) is 43.3. The molecule has 0 aromatic heterocycles. The molecule has 1 fully saturated rings. The predicted octanol–water partition coefficient (Wildman–Crippen LogP) is 5.23. The van der Waals surface area contributed by atoms with E-state index in [2.05, 4.69) is 0 Å². The van der Waals surface area contributed by atoms with Crippen LogP contribution in [0.3, 0.4) is 0 Å². The molecule has 14 heteroatoms. The molecule has 2 heterocycles. The molecular weight excluding hydrogens is 801 g/mol. The molecule has 11 atom stereocenters. The summed E-state index contributed by atoms with van der Waals surface area (Å²) in [4.78, 5) is 0. The van der Waals surface area contributed by atoms with Gasteiger partial charge in [-0.25, -0.2) is 0 Å². The number of rotatable bonds is 7. The highest BCUT2D eigenvalue weighted by molar-refractivity contribution is 5.72. The minimum atomic E-state index is -1.75. The highest BCUT2D eigenvalue weighted by Crippen LogP contribution is 2.70. The van der Waals surface area contributed by atoms with Crippen LogP contribution in [0.5, 0.6) is 51.7 Å². The average Bonchev–Trinajstić information content (AvgIpc) is 3.76. The summed E-state index contributed by atoms with van der Waals surface area (Å²) in [5.74, 6) is -4.07. The summed E-state index contributed by atoms with van der Waals surface area (Å²) in [5, 5.41) is 120. The molecule has 0 radical (unpaired) electrons. The van der Waals surface area contributed by atoms with Gasteiger partial charge in [0.15, 0.2) is 0 Å². The van der Waals surface area contributed by atoms with Crippen LogP contribution in [0.4, 0.5) is 0 Å². The topological polar surface area (TPSA) is 250 Å². The monoisotopic (exact) mass is 842 g/mol. The third-order valence-electron chi connectivity index (χ3n) is 13.0. The van der Waals surface area contributed by atoms with E-state index in [-0.39, 0.29) is 46.0 Å². The minimum Gasteiger partial charge on any atom is -0.508 e. The van der Waals surface area contributed by atoms with Gasteiger partial charge in [-0.15, -0.1) is 0 Å². The largest absolute Gasteiger partial charge is 0.508 e. The van der Waals surface area contributed by atoms with Gasteiger partial charge in [-0.3, -0.25) is 0 Å². The molecule has 11 N–H and O–H groups in total. The van der Waals surface area contributed by atoms with Gasteiger partial charge < -0.3 is 70.4 Å². The first-order valence-electron chi connectivity index (χ1n) is 20.1. The van der Waals surface area contributed by atoms with Gasteiger partial charge in [0, 0.05) is 58.6 Å². The fraction of sp³-hybridized carbons (Fsp3) is 0.250. The normalized spacial score (nSPS) is 28.1. The van der Waals surface area contributed by atoms with Crippen LogP contribution in [0.15, 0.2) is 109 Å². The molecule has 2 aliphatic heterocycles. The number of aromatic hydroxyl groups is 7. The lowest BCUT2D eigenvalue weighted by Crippen LogP contribution is -2.60. The first kappa shape index (κ1) is 39.5. The number of hydrogen-bond donors (Lipinski definition) is 11. The number of hydrogen-bond acceptors (Lipinski definition) is 14. The summed E-state index contributed by atoms with van der Waals surface area (Å²) >= 11 is 0. The lowest BCUT2D eigenvalue weighted by atomic mass is 9.69. The Morgan fingerprint density at radius 2 is 1.05 bits per heavy atom. The average molecular weight is 843 g/mol. The summed E-state index contributed by atoms with van der Waals surface area (Å²) in [6.07, 6.45) is -8.73. The lowest BCUT2D eigenvalue weighted by Gasteiger charge is -2.39. The summed E-state index contributed by atoms with van der Waals surface area (Å²) in [6.45, 7) is -0.687. The molecule has 318 valence electrons. The van der Waals surface area contributed by atoms with Gasteiger partial charge in [0.1, 0.15) is 82.3 Å². The molecule has 0 amide bonds. The molecule has 6 aromatic rings. The van der Waals surface area contributed by atoms with Crippen LogP contribution >= 0.6 is 0 Å². The van der Waals surface area contributed by atoms with Crippen LogP contribution in [0.25, 0.3) is 0 Å². The van der Waals surface area contributed by atoms with E-state index in [1.165, 1.54) is 48.5 Å². The molecule has 14 nitrogen and oxygen atoms in total. The van der Waals surface area contributed by atoms with Gasteiger partial charge in [-0.2, -0.15) is 0 Å². The van der Waals surface area contributed by atoms with E-state index in [0.29, 0.717) is 55.8 Å². The van der Waals surface area contributed by atoms with E-state index in [9.17, 15) is 56.2 Å². The molecule has 4 aliphatic rings. The van der Waals surface area contributed by atoms with E-state index in [0.717, 1.165) is 0 Å². The quantitative estimate of drug-likeness (QED) is 0.0986. The molecule has 6 aromatic carbocycles. The van der Waals surface area contributed by atoms with E-state index in [1.54, 1.807) is 60.7 Å². The van der Waals surface area contributed by atoms with Crippen molar-refractivity contribution in [2.24, 2.45) is 0 Å². The zero-order valence-corrected chi connectivity index (χ0v) is 32.6. The van der Waals surface area contributed by atoms with Crippen molar-refractivity contribution in [3.63, 3.8) is 0 Å². The van der Waals surface area contributed by atoms with Crippen molar-refractivity contribution in [3.8, 4) is 51.7 Å². The number of phenolic OH excluding ortho intramolecular Hbond substituents is 7. The molecule has 1 unspecified atom stereocenters. The van der Waals surface area contributed by atoms with Gasteiger partial charge in [-0.1, -0.05) is 36.4 Å². The van der Waals surface area contributed by atoms with E-state index >= 15 is 0 Å². The molecule has 2 aliphatic carbocycles. The minimum absolute atomic E-state index is 0.00302. The van der Waals surface area contributed by atoms with Crippen LogP contribution < -0.4 is 9.47 Å². The third-order valence-corrected chi connectivity index (χ3v) is 13.0. The van der Waals surface area contributed by atoms with Crippen LogP contribution in [-0.4, -0.2) is 93.5 Å². The maximum Gasteiger partial charge on any atom is 0.229 e. The Balaban J connectivity index is 1.25. The Labute approximate surface area is 353 Å². The van der Waals surface area contributed by atoms with Crippen LogP contribution in [0, 0.1) is 0 Å². The van der Waals surface area contributed by atoms with Crippen molar-refractivity contribution >= 4 is 0 Å². The van der Waals surface area contributed by atoms with Crippen molar-refractivity contribution in [1.82, 2.24) is 0 Å². The second-order valence-electron chi connectivity index (χ2n) is 16.5. The van der Waals surface area contributed by atoms with Crippen LogP contribution in [0.2, 0.25) is 0 Å². The molecular formula is C48H42O14. The Morgan fingerprint density at radius 1 is 0.468 bits per heavy atom. The van der Waals surface area contributed by atoms with Gasteiger partial charge in [0.05, 0.1) is 12.5 Å². The van der Waals surface area contributed by atoms with E-state index in [4.69, 9.17) is 14.2 Å². The summed E-state index contributed by atoms with van der Waals surface area (Å²) < 4.78 is 18.4. The molecule has 1 saturated heterocycles. The third kappa shape index (κ3) is 6.21. The van der Waals surface area contributed by atoms with E-state index in [1.807, 2.05) is 0 Å². The first-order chi connectivity index (χ1) is 29.8. The molecule has 0 spiro atoms. The van der Waals surface area contributed by atoms with Crippen molar-refractivity contribution in [1.29, 1.82) is 0 Å². The zero-order valence-electron chi connectivity index (χ0n) is 32.6. The number of ether oxygens (including phenoxy) is 3. The number of aliphatic hydroxyl groups excluding tert-OH is 4. The Morgan fingerprint density at radius 3 is 1.69 bits per heavy atom. The van der Waals surface area contributed by atoms with Gasteiger partial charge in [0.25, 0.3) is 0 Å². The van der Waals surface area contributed by atoms with Gasteiger partial charge in [-0.05, 0) is 88.0 Å². The fourth-order valence-electron chi connectivity index (χ4n) is 10.4. The van der Waals surface area contributed by atoms with Crippen LogP contribution in [0.1, 0.15) is 85.8 Å². The van der Waals surface area contributed by atoms with E-state index < -0.39 is 73.0 Å². The second-order valence-corrected chi connectivity index (χ2v) is 16.5. The number of fused-ring (bicyclic) bond motifs is 2. The molecule has 62 heavy (non-hydrogen) atoms. The van der Waals surface area contributed by atoms with Crippen molar-refractivity contribution in [2.45, 2.75) is 66.4 Å². The highest BCUT2D eigenvalue weighted by atomic mass is 16.7. The van der Waals surface area contributed by atoms with Crippen LogP contribution in [-0.2, 0) is 4.74 Å². The van der Waals surface area contributed by atoms with Gasteiger partial charge >= 0.3 is 0 Å². The number of aliphatic hydroxyl groups is 4. The molecule has 0 saturated carbocycles. The van der Waals surface area contributed by atoms with Crippen molar-refractivity contribution in [2.75, 3.05) is 6.61 Å². The second kappa shape index (κ2) is 14.8. The Kier molecular flexibility index (Phi) is 9.39. The summed E-state index contributed by atoms with van der Waals surface area (Å²) in [7, 11) is 0. The smallest absolute Gasteiger partial charge is 0.229 e. The predicted molar refractivity (Wildman–Crippen MR) is 219 cm³/mol. The maximum absolute atomic E-state index is 12.4. The maximum atomic E-state index is 12.4. The summed E-state index contributed by atoms with van der Waals surface area (Å²) in [5.41, 5.74) is 5.26. The standard InChI is InChI=1S/C48H42O14/c49-19-34-44(57)45(58)46(59)48(62-34)60-29-14-23(13-27(53)15-29)37-35(20-1-7-24(50)8-2-20)42-36(21-3-9-25(51)10-4-21)38-30(16-28(54)17-31(38)55)39-41-33(18-32(56)40(37)43(41)42)61-47(39)22-5-11-26(52)12-6-22/h1-18,34-37,39,42,44-59H,19H2/t34-,35-,36?,37+,39-,42+,44+,45+,46+,47+,48+/m1/s1. The Bertz CT molecular complexity index is 2680. The fourth-order valence-corrected chi connectivity index (χ4v) is 10.4. The first-order valence-corrected chi connectivity index (χ1v) is 20.1. The van der Waals surface area contributed by atoms with Crippen molar-refractivity contribution < 1.29 is 70.4 Å². The highest BCUT2D eigenvalue weighted by Gasteiger charge is 2.56. The SMILES string of the molecule is OC[C@H]1O[C@H](Oc2cc(O)cc([C@@H]3c4c(O)cc5c6c4[C@H](C(c4ccc(O)cc4)c4c(O)cc(O)cc4[C@H]6[C@H](c4ccc(O)cc4)O5)[C@@H]3c3ccc(O)cc3)c2)[C@@H](O)[C@@H](O)[C@H]1O.